The number of carbonyl (C=O) groups excluding carboxylic acids is 1. The number of nitrogens with zero attached hydrogens (tertiary/aromatic N) is 6. The Bertz CT molecular complexity index is 1320. The first-order chi connectivity index (χ1) is 15.5. The number of carbonyl (C=O) groups is 1. The molecule has 2 aliphatic rings. The normalized spacial score (nSPS) is 18.4. The fraction of sp³-hybridized carbons (Fsp3) is 0.435. The monoisotopic (exact) mass is 430 g/mol. The SMILES string of the molecule is CC(=O)N1CC2(CCC(Nc3ncc4c(-c5ccc6nnn(C)c6c5)c[nH]c4n3)CC2)C1. The molecule has 9 heteroatoms. The van der Waals surface area contributed by atoms with E-state index in [1.54, 1.807) is 11.6 Å². The molecule has 0 bridgehead atoms. The molecule has 0 unspecified atom stereocenters. The molecule has 32 heavy (non-hydrogen) atoms. The van der Waals surface area contributed by atoms with Crippen LogP contribution in [-0.4, -0.2) is 59.9 Å². The Labute approximate surface area is 185 Å². The van der Waals surface area contributed by atoms with Crippen molar-refractivity contribution in [3.63, 3.8) is 0 Å². The van der Waals surface area contributed by atoms with Gasteiger partial charge in [-0.15, -0.1) is 5.10 Å². The highest BCUT2D eigenvalue weighted by Crippen LogP contribution is 2.44. The van der Waals surface area contributed by atoms with Gasteiger partial charge in [0, 0.05) is 61.9 Å². The first kappa shape index (κ1) is 19.2. The molecular weight excluding hydrogens is 404 g/mol. The van der Waals surface area contributed by atoms with Crippen molar-refractivity contribution in [2.75, 3.05) is 18.4 Å². The fourth-order valence-corrected chi connectivity index (χ4v) is 5.27. The Morgan fingerprint density at radius 3 is 2.84 bits per heavy atom. The predicted molar refractivity (Wildman–Crippen MR) is 122 cm³/mol. The lowest BCUT2D eigenvalue weighted by Crippen LogP contribution is -2.59. The van der Waals surface area contributed by atoms with E-state index < -0.39 is 0 Å². The van der Waals surface area contributed by atoms with Crippen molar-refractivity contribution in [3.8, 4) is 11.1 Å². The van der Waals surface area contributed by atoms with Gasteiger partial charge in [-0.25, -0.2) is 9.67 Å². The smallest absolute Gasteiger partial charge is 0.224 e. The van der Waals surface area contributed by atoms with Gasteiger partial charge in [0.25, 0.3) is 0 Å². The zero-order valence-corrected chi connectivity index (χ0v) is 18.3. The fourth-order valence-electron chi connectivity index (χ4n) is 5.27. The highest BCUT2D eigenvalue weighted by atomic mass is 16.2. The molecule has 2 N–H and O–H groups in total. The number of hydrogen-bond acceptors (Lipinski definition) is 6. The number of aryl methyl sites for hydroxylation is 1. The lowest BCUT2D eigenvalue weighted by atomic mass is 9.67. The van der Waals surface area contributed by atoms with E-state index >= 15 is 0 Å². The van der Waals surface area contributed by atoms with E-state index in [-0.39, 0.29) is 5.91 Å². The second-order valence-corrected chi connectivity index (χ2v) is 9.37. The van der Waals surface area contributed by atoms with Crippen molar-refractivity contribution >= 4 is 33.9 Å². The van der Waals surface area contributed by atoms with Crippen molar-refractivity contribution in [2.45, 2.75) is 38.6 Å². The summed E-state index contributed by atoms with van der Waals surface area (Å²) in [6.07, 6.45) is 8.34. The summed E-state index contributed by atoms with van der Waals surface area (Å²) >= 11 is 0. The maximum Gasteiger partial charge on any atom is 0.224 e. The Balaban J connectivity index is 1.17. The summed E-state index contributed by atoms with van der Waals surface area (Å²) < 4.78 is 1.78. The van der Waals surface area contributed by atoms with Gasteiger partial charge in [-0.1, -0.05) is 11.3 Å². The van der Waals surface area contributed by atoms with Gasteiger partial charge in [-0.2, -0.15) is 4.98 Å². The zero-order valence-electron chi connectivity index (χ0n) is 18.3. The van der Waals surface area contributed by atoms with Gasteiger partial charge in [0.1, 0.15) is 11.2 Å². The summed E-state index contributed by atoms with van der Waals surface area (Å²) in [5.74, 6) is 0.858. The minimum Gasteiger partial charge on any atom is -0.351 e. The highest BCUT2D eigenvalue weighted by molar-refractivity contribution is 5.95. The first-order valence-electron chi connectivity index (χ1n) is 11.2. The number of benzene rings is 1. The number of H-pyrrole nitrogens is 1. The predicted octanol–water partition coefficient (Wildman–Crippen LogP) is 3.11. The molecule has 1 saturated carbocycles. The van der Waals surface area contributed by atoms with Crippen LogP contribution in [0.15, 0.2) is 30.6 Å². The van der Waals surface area contributed by atoms with Crippen LogP contribution in [-0.2, 0) is 11.8 Å². The van der Waals surface area contributed by atoms with Crippen LogP contribution >= 0.6 is 0 Å². The van der Waals surface area contributed by atoms with Crippen LogP contribution in [0.1, 0.15) is 32.6 Å². The largest absolute Gasteiger partial charge is 0.351 e. The molecule has 9 nitrogen and oxygen atoms in total. The Morgan fingerprint density at radius 2 is 2.06 bits per heavy atom. The van der Waals surface area contributed by atoms with E-state index in [1.807, 2.05) is 30.4 Å². The summed E-state index contributed by atoms with van der Waals surface area (Å²) in [6.45, 7) is 3.50. The van der Waals surface area contributed by atoms with Crippen LogP contribution < -0.4 is 5.32 Å². The molecule has 3 aromatic heterocycles. The van der Waals surface area contributed by atoms with Crippen molar-refractivity contribution in [1.29, 1.82) is 0 Å². The molecule has 6 rings (SSSR count). The summed E-state index contributed by atoms with van der Waals surface area (Å²) in [6, 6.07) is 6.51. The molecule has 4 heterocycles. The maximum absolute atomic E-state index is 11.5. The number of aromatic amines is 1. The summed E-state index contributed by atoms with van der Waals surface area (Å²) in [5.41, 5.74) is 5.18. The third-order valence-corrected chi connectivity index (χ3v) is 7.23. The molecule has 2 fully saturated rings. The van der Waals surface area contributed by atoms with Gasteiger partial charge in [0.05, 0.1) is 5.52 Å². The Kier molecular flexibility index (Phi) is 4.21. The second kappa shape index (κ2) is 7.01. The van der Waals surface area contributed by atoms with Crippen molar-refractivity contribution < 1.29 is 4.79 Å². The average molecular weight is 431 g/mol. The molecule has 1 aliphatic carbocycles. The topological polar surface area (TPSA) is 105 Å². The van der Waals surface area contributed by atoms with Crippen LogP contribution in [0.2, 0.25) is 0 Å². The van der Waals surface area contributed by atoms with E-state index in [0.29, 0.717) is 17.4 Å². The molecule has 4 aromatic rings. The molecule has 164 valence electrons. The number of nitrogens with one attached hydrogen (secondary N) is 2. The minimum absolute atomic E-state index is 0.194. The molecule has 1 saturated heterocycles. The van der Waals surface area contributed by atoms with Crippen molar-refractivity contribution in [1.82, 2.24) is 34.8 Å². The number of anilines is 1. The summed E-state index contributed by atoms with van der Waals surface area (Å²) in [4.78, 5) is 26.1. The number of fused-ring (bicyclic) bond motifs is 2. The quantitative estimate of drug-likeness (QED) is 0.518. The van der Waals surface area contributed by atoms with E-state index in [1.165, 1.54) is 0 Å². The number of hydrogen-bond donors (Lipinski definition) is 2. The van der Waals surface area contributed by atoms with Gasteiger partial charge >= 0.3 is 0 Å². The standard InChI is InChI=1S/C23H26N8O/c1-14(32)31-12-23(13-31)7-5-16(6-8-23)26-22-25-11-18-17(10-24-21(18)27-22)15-3-4-19-20(9-15)30(2)29-28-19/h3-4,9-11,16H,5-8,12-13H2,1-2H3,(H2,24,25,26,27). The van der Waals surface area contributed by atoms with Crippen LogP contribution in [0.5, 0.6) is 0 Å². The van der Waals surface area contributed by atoms with Gasteiger partial charge in [-0.3, -0.25) is 4.79 Å². The Hall–Kier alpha value is -3.49. The number of likely N-dealkylation sites (tertiary alicyclic amines) is 1. The van der Waals surface area contributed by atoms with Crippen LogP contribution in [0.25, 0.3) is 33.2 Å². The number of aromatic nitrogens is 6. The molecule has 1 aromatic carbocycles. The number of amides is 1. The minimum atomic E-state index is 0.194. The number of rotatable bonds is 3. The summed E-state index contributed by atoms with van der Waals surface area (Å²) in [7, 11) is 1.90. The van der Waals surface area contributed by atoms with Crippen molar-refractivity contribution in [3.05, 3.63) is 30.6 Å². The van der Waals surface area contributed by atoms with Crippen molar-refractivity contribution in [2.24, 2.45) is 12.5 Å². The molecule has 1 amide bonds. The van der Waals surface area contributed by atoms with Gasteiger partial charge in [-0.05, 0) is 43.4 Å². The van der Waals surface area contributed by atoms with Gasteiger partial charge in [0.15, 0.2) is 0 Å². The van der Waals surface area contributed by atoms with E-state index in [4.69, 9.17) is 4.98 Å². The molecule has 1 aliphatic heterocycles. The van der Waals surface area contributed by atoms with Crippen LogP contribution in [0.4, 0.5) is 5.95 Å². The highest BCUT2D eigenvalue weighted by Gasteiger charge is 2.46. The lowest BCUT2D eigenvalue weighted by Gasteiger charge is -2.53. The lowest BCUT2D eigenvalue weighted by molar-refractivity contribution is -0.143. The zero-order chi connectivity index (χ0) is 21.9. The van der Waals surface area contributed by atoms with E-state index in [9.17, 15) is 4.79 Å². The van der Waals surface area contributed by atoms with Crippen LogP contribution in [0, 0.1) is 5.41 Å². The molecular formula is C23H26N8O. The maximum atomic E-state index is 11.5. The second-order valence-electron chi connectivity index (χ2n) is 9.37. The van der Waals surface area contributed by atoms with E-state index in [2.05, 4.69) is 37.7 Å². The van der Waals surface area contributed by atoms with Crippen LogP contribution in [0.3, 0.4) is 0 Å². The first-order valence-corrected chi connectivity index (χ1v) is 11.2. The molecule has 0 atom stereocenters. The van der Waals surface area contributed by atoms with Gasteiger partial charge in [0.2, 0.25) is 11.9 Å². The molecule has 1 spiro atoms. The van der Waals surface area contributed by atoms with Gasteiger partial charge < -0.3 is 15.2 Å². The van der Waals surface area contributed by atoms with E-state index in [0.717, 1.165) is 72.0 Å². The molecule has 0 radical (unpaired) electrons. The Morgan fingerprint density at radius 1 is 1.25 bits per heavy atom. The third-order valence-electron chi connectivity index (χ3n) is 7.23. The average Bonchev–Trinajstić information content (AvgIpc) is 3.35. The third kappa shape index (κ3) is 3.11. The summed E-state index contributed by atoms with van der Waals surface area (Å²) in [5, 5.41) is 12.8.